The van der Waals surface area contributed by atoms with Gasteiger partial charge in [0, 0.05) is 25.2 Å². The lowest BCUT2D eigenvalue weighted by Crippen LogP contribution is -2.07. The van der Waals surface area contributed by atoms with Gasteiger partial charge in [-0.2, -0.15) is 0 Å². The zero-order valence-corrected chi connectivity index (χ0v) is 11.5. The van der Waals surface area contributed by atoms with Crippen molar-refractivity contribution >= 4 is 11.6 Å². The number of nitrogens with zero attached hydrogens (tertiary/aromatic N) is 1. The van der Waals surface area contributed by atoms with Crippen molar-refractivity contribution in [2.75, 3.05) is 5.32 Å². The number of hydrogen-bond acceptors (Lipinski definition) is 4. The third kappa shape index (κ3) is 3.55. The van der Waals surface area contributed by atoms with Crippen LogP contribution in [0, 0.1) is 0 Å². The van der Waals surface area contributed by atoms with Crippen LogP contribution >= 0.6 is 0 Å². The quantitative estimate of drug-likeness (QED) is 0.896. The zero-order chi connectivity index (χ0) is 14.5. The van der Waals surface area contributed by atoms with Gasteiger partial charge in [0.15, 0.2) is 5.75 Å². The number of benzene rings is 1. The van der Waals surface area contributed by atoms with Crippen LogP contribution in [0.5, 0.6) is 11.6 Å². The second-order valence-corrected chi connectivity index (χ2v) is 4.50. The van der Waals surface area contributed by atoms with Gasteiger partial charge in [0.25, 0.3) is 0 Å². The molecule has 2 rings (SSSR count). The minimum Gasteiger partial charge on any atom is -0.437 e. The maximum atomic E-state index is 11.1. The van der Waals surface area contributed by atoms with Gasteiger partial charge in [-0.1, -0.05) is 18.2 Å². The average molecular weight is 271 g/mol. The van der Waals surface area contributed by atoms with Crippen LogP contribution < -0.4 is 15.8 Å². The first-order valence-corrected chi connectivity index (χ1v) is 6.32. The van der Waals surface area contributed by atoms with Gasteiger partial charge in [-0.3, -0.25) is 4.79 Å². The number of amides is 1. The van der Waals surface area contributed by atoms with E-state index in [4.69, 9.17) is 10.5 Å². The Kier molecular flexibility index (Phi) is 4.32. The molecule has 5 heteroatoms. The maximum Gasteiger partial charge on any atom is 0.221 e. The normalized spacial score (nSPS) is 11.8. The van der Waals surface area contributed by atoms with Crippen LogP contribution in [0.25, 0.3) is 0 Å². The molecule has 0 fully saturated rings. The number of nitrogens with two attached hydrogens (primary N) is 1. The second kappa shape index (κ2) is 6.16. The molecule has 104 valence electrons. The van der Waals surface area contributed by atoms with Gasteiger partial charge in [0.1, 0.15) is 0 Å². The molecule has 2 aromatic rings. The van der Waals surface area contributed by atoms with Crippen molar-refractivity contribution in [3.05, 3.63) is 48.2 Å². The van der Waals surface area contributed by atoms with Crippen LogP contribution in [0.4, 0.5) is 5.69 Å². The summed E-state index contributed by atoms with van der Waals surface area (Å²) in [4.78, 5) is 15.3. The monoisotopic (exact) mass is 271 g/mol. The minimum absolute atomic E-state index is 0.0665. The smallest absolute Gasteiger partial charge is 0.221 e. The lowest BCUT2D eigenvalue weighted by molar-refractivity contribution is -0.114. The van der Waals surface area contributed by atoms with E-state index in [0.29, 0.717) is 17.3 Å². The Hall–Kier alpha value is -2.40. The van der Waals surface area contributed by atoms with Gasteiger partial charge < -0.3 is 15.8 Å². The molecule has 3 N–H and O–H groups in total. The van der Waals surface area contributed by atoms with Crippen molar-refractivity contribution in [3.63, 3.8) is 0 Å². The molecule has 1 aromatic heterocycles. The first-order chi connectivity index (χ1) is 9.56. The Morgan fingerprint density at radius 3 is 2.65 bits per heavy atom. The molecule has 20 heavy (non-hydrogen) atoms. The van der Waals surface area contributed by atoms with Crippen LogP contribution in [0.3, 0.4) is 0 Å². The highest BCUT2D eigenvalue weighted by molar-refractivity contribution is 5.90. The lowest BCUT2D eigenvalue weighted by Gasteiger charge is -2.11. The predicted octanol–water partition coefficient (Wildman–Crippen LogP) is 2.85. The van der Waals surface area contributed by atoms with Gasteiger partial charge in [0.05, 0.1) is 5.69 Å². The standard InChI is InChI=1S/C15H17N3O2/c1-10(16)12-7-8-15(17-9-12)20-14-6-4-3-5-13(14)18-11(2)19/h3-10H,16H2,1-2H3,(H,18,19)/t10-/m1/s1. The first-order valence-electron chi connectivity index (χ1n) is 6.32. The van der Waals surface area contributed by atoms with Crippen LogP contribution in [-0.4, -0.2) is 10.9 Å². The van der Waals surface area contributed by atoms with Crippen LogP contribution in [0.1, 0.15) is 25.5 Å². The molecule has 0 radical (unpaired) electrons. The summed E-state index contributed by atoms with van der Waals surface area (Å²) in [5, 5.41) is 2.71. The maximum absolute atomic E-state index is 11.1. The highest BCUT2D eigenvalue weighted by atomic mass is 16.5. The molecule has 0 saturated carbocycles. The molecular formula is C15H17N3O2. The predicted molar refractivity (Wildman–Crippen MR) is 77.7 cm³/mol. The van der Waals surface area contributed by atoms with Crippen molar-refractivity contribution in [2.24, 2.45) is 5.73 Å². The number of para-hydroxylation sites is 2. The molecule has 1 atom stereocenters. The molecule has 0 aliphatic rings. The molecular weight excluding hydrogens is 254 g/mol. The van der Waals surface area contributed by atoms with Crippen LogP contribution in [0.15, 0.2) is 42.6 Å². The number of hydrogen-bond donors (Lipinski definition) is 2. The van der Waals surface area contributed by atoms with E-state index in [0.717, 1.165) is 5.56 Å². The van der Waals surface area contributed by atoms with Crippen LogP contribution in [0.2, 0.25) is 0 Å². The number of rotatable bonds is 4. The van der Waals surface area contributed by atoms with Gasteiger partial charge in [-0.05, 0) is 24.6 Å². The summed E-state index contributed by atoms with van der Waals surface area (Å²) >= 11 is 0. The second-order valence-electron chi connectivity index (χ2n) is 4.50. The van der Waals surface area contributed by atoms with Crippen molar-refractivity contribution in [1.82, 2.24) is 4.98 Å². The highest BCUT2D eigenvalue weighted by Crippen LogP contribution is 2.28. The van der Waals surface area contributed by atoms with E-state index < -0.39 is 0 Å². The SMILES string of the molecule is CC(=O)Nc1ccccc1Oc1ccc([C@@H](C)N)cn1. The fourth-order valence-electron chi connectivity index (χ4n) is 1.68. The van der Waals surface area contributed by atoms with E-state index in [1.165, 1.54) is 6.92 Å². The summed E-state index contributed by atoms with van der Waals surface area (Å²) in [6.45, 7) is 3.34. The first kappa shape index (κ1) is 14.0. The van der Waals surface area contributed by atoms with E-state index in [-0.39, 0.29) is 11.9 Å². The average Bonchev–Trinajstić information content (AvgIpc) is 2.41. The topological polar surface area (TPSA) is 77.2 Å². The summed E-state index contributed by atoms with van der Waals surface area (Å²) in [7, 11) is 0. The molecule has 0 bridgehead atoms. The molecule has 1 aromatic carbocycles. The fourth-order valence-corrected chi connectivity index (χ4v) is 1.68. The molecule has 1 heterocycles. The van der Waals surface area contributed by atoms with Gasteiger partial charge in [-0.25, -0.2) is 4.98 Å². The summed E-state index contributed by atoms with van der Waals surface area (Å²) < 4.78 is 5.68. The number of anilines is 1. The van der Waals surface area contributed by atoms with Crippen molar-refractivity contribution in [3.8, 4) is 11.6 Å². The molecule has 1 amide bonds. The van der Waals surface area contributed by atoms with E-state index in [1.807, 2.05) is 25.1 Å². The van der Waals surface area contributed by atoms with Crippen molar-refractivity contribution in [2.45, 2.75) is 19.9 Å². The molecule has 0 spiro atoms. The Bertz CT molecular complexity index is 594. The largest absolute Gasteiger partial charge is 0.437 e. The van der Waals surface area contributed by atoms with E-state index >= 15 is 0 Å². The Morgan fingerprint density at radius 2 is 2.05 bits per heavy atom. The summed E-state index contributed by atoms with van der Waals surface area (Å²) in [6.07, 6.45) is 1.68. The molecule has 0 unspecified atom stereocenters. The van der Waals surface area contributed by atoms with Crippen LogP contribution in [-0.2, 0) is 4.79 Å². The fraction of sp³-hybridized carbons (Fsp3) is 0.200. The number of ether oxygens (including phenoxy) is 1. The van der Waals surface area contributed by atoms with Gasteiger partial charge in [0.2, 0.25) is 11.8 Å². The van der Waals surface area contributed by atoms with E-state index in [9.17, 15) is 4.79 Å². The zero-order valence-electron chi connectivity index (χ0n) is 11.5. The highest BCUT2D eigenvalue weighted by Gasteiger charge is 2.07. The summed E-state index contributed by atoms with van der Waals surface area (Å²) in [5.41, 5.74) is 7.31. The number of pyridine rings is 1. The number of carbonyl (C=O) groups is 1. The third-order valence-electron chi connectivity index (χ3n) is 2.70. The Labute approximate surface area is 117 Å². The van der Waals surface area contributed by atoms with Gasteiger partial charge in [-0.15, -0.1) is 0 Å². The molecule has 0 aliphatic heterocycles. The van der Waals surface area contributed by atoms with Crippen molar-refractivity contribution in [1.29, 1.82) is 0 Å². The van der Waals surface area contributed by atoms with Crippen molar-refractivity contribution < 1.29 is 9.53 Å². The number of carbonyl (C=O) groups excluding carboxylic acids is 1. The lowest BCUT2D eigenvalue weighted by atomic mass is 10.2. The number of aromatic nitrogens is 1. The van der Waals surface area contributed by atoms with E-state index in [1.54, 1.807) is 24.4 Å². The minimum atomic E-state index is -0.152. The van der Waals surface area contributed by atoms with Gasteiger partial charge >= 0.3 is 0 Å². The number of nitrogens with one attached hydrogen (secondary N) is 1. The third-order valence-corrected chi connectivity index (χ3v) is 2.70. The summed E-state index contributed by atoms with van der Waals surface area (Å²) in [6, 6.07) is 10.8. The molecule has 5 nitrogen and oxygen atoms in total. The molecule has 0 aliphatic carbocycles. The molecule has 0 saturated heterocycles. The Balaban J connectivity index is 2.19. The Morgan fingerprint density at radius 1 is 1.30 bits per heavy atom. The summed E-state index contributed by atoms with van der Waals surface area (Å²) in [5.74, 6) is 0.845. The van der Waals surface area contributed by atoms with E-state index in [2.05, 4.69) is 10.3 Å².